The zero-order valence-electron chi connectivity index (χ0n) is 6.09. The largest absolute Gasteiger partial charge is 0.443 e. The van der Waals surface area contributed by atoms with Gasteiger partial charge >= 0.3 is 0 Å². The first-order valence-corrected chi connectivity index (χ1v) is 7.01. The molecule has 0 radical (unpaired) electrons. The molecule has 0 aromatic rings. The highest BCUT2D eigenvalue weighted by Crippen LogP contribution is 1.81. The molecule has 0 atom stereocenters. The molecule has 0 aliphatic rings. The minimum atomic E-state index is -0.811. The lowest BCUT2D eigenvalue weighted by Crippen LogP contribution is -2.14. The molecule has 54 valence electrons. The Kier molecular flexibility index (Phi) is 6.28. The van der Waals surface area contributed by atoms with E-state index in [4.69, 9.17) is 8.54 Å². The van der Waals surface area contributed by atoms with Crippen LogP contribution in [-0.4, -0.2) is 25.7 Å². The minimum absolute atomic E-state index is 0.646. The predicted octanol–water partition coefficient (Wildman–Crippen LogP) is 0.188. The van der Waals surface area contributed by atoms with Gasteiger partial charge in [-0.1, -0.05) is 6.08 Å². The molecule has 0 unspecified atom stereocenters. The Balaban J connectivity index is 2.82. The standard InChI is InChI=1S/C5H14O2Si2/c1-4-5-6-8-7-9(2)3/h4,9H,1,5,8H2,2-3H3. The maximum Gasteiger partial charge on any atom is 0.294 e. The Bertz CT molecular complexity index is 75.4. The fraction of sp³-hybridized carbons (Fsp3) is 0.600. The number of hydrogen-bond donors (Lipinski definition) is 0. The third kappa shape index (κ3) is 8.09. The van der Waals surface area contributed by atoms with E-state index < -0.39 is 19.0 Å². The fourth-order valence-corrected chi connectivity index (χ4v) is 2.05. The molecule has 0 aromatic heterocycles. The summed E-state index contributed by atoms with van der Waals surface area (Å²) in [7, 11) is -1.47. The Labute approximate surface area is 60.7 Å². The van der Waals surface area contributed by atoms with Crippen LogP contribution in [0.3, 0.4) is 0 Å². The van der Waals surface area contributed by atoms with E-state index in [2.05, 4.69) is 19.7 Å². The van der Waals surface area contributed by atoms with Gasteiger partial charge in [-0.15, -0.1) is 6.58 Å². The van der Waals surface area contributed by atoms with E-state index >= 15 is 0 Å². The second kappa shape index (κ2) is 6.22. The third-order valence-corrected chi connectivity index (χ3v) is 4.33. The Morgan fingerprint density at radius 1 is 1.67 bits per heavy atom. The van der Waals surface area contributed by atoms with E-state index in [-0.39, 0.29) is 0 Å². The summed E-state index contributed by atoms with van der Waals surface area (Å²) in [6, 6.07) is 0. The van der Waals surface area contributed by atoms with Crippen molar-refractivity contribution in [3.05, 3.63) is 12.7 Å². The van der Waals surface area contributed by atoms with E-state index in [1.807, 2.05) is 0 Å². The van der Waals surface area contributed by atoms with Crippen molar-refractivity contribution in [3.8, 4) is 0 Å². The van der Waals surface area contributed by atoms with Gasteiger partial charge in [0.05, 0.1) is 6.61 Å². The second-order valence-electron chi connectivity index (χ2n) is 1.99. The van der Waals surface area contributed by atoms with Crippen molar-refractivity contribution in [1.82, 2.24) is 0 Å². The molecular weight excluding hydrogens is 148 g/mol. The second-order valence-corrected chi connectivity index (χ2v) is 6.07. The lowest BCUT2D eigenvalue weighted by molar-refractivity contribution is 0.328. The molecule has 0 aliphatic heterocycles. The molecular formula is C5H14O2Si2. The van der Waals surface area contributed by atoms with Gasteiger partial charge in [0.25, 0.3) is 10.0 Å². The van der Waals surface area contributed by atoms with Gasteiger partial charge in [-0.05, 0) is 13.1 Å². The van der Waals surface area contributed by atoms with Crippen molar-refractivity contribution in [2.45, 2.75) is 13.1 Å². The maximum absolute atomic E-state index is 5.35. The van der Waals surface area contributed by atoms with Crippen LogP contribution < -0.4 is 0 Å². The molecule has 0 spiro atoms. The topological polar surface area (TPSA) is 18.5 Å². The Morgan fingerprint density at radius 2 is 2.33 bits per heavy atom. The van der Waals surface area contributed by atoms with Crippen LogP contribution in [0.5, 0.6) is 0 Å². The first-order chi connectivity index (χ1) is 4.27. The Morgan fingerprint density at radius 3 is 2.78 bits per heavy atom. The normalized spacial score (nSPS) is 11.4. The summed E-state index contributed by atoms with van der Waals surface area (Å²) in [5.74, 6) is 0. The average Bonchev–Trinajstić information content (AvgIpc) is 1.80. The number of rotatable bonds is 5. The van der Waals surface area contributed by atoms with Crippen LogP contribution in [0.25, 0.3) is 0 Å². The van der Waals surface area contributed by atoms with E-state index in [9.17, 15) is 0 Å². The molecule has 0 fully saturated rings. The smallest absolute Gasteiger partial charge is 0.294 e. The van der Waals surface area contributed by atoms with Crippen molar-refractivity contribution in [2.24, 2.45) is 0 Å². The lowest BCUT2D eigenvalue weighted by Gasteiger charge is -2.04. The number of hydrogen-bond acceptors (Lipinski definition) is 2. The maximum atomic E-state index is 5.35. The summed E-state index contributed by atoms with van der Waals surface area (Å²) < 4.78 is 10.5. The molecule has 2 nitrogen and oxygen atoms in total. The minimum Gasteiger partial charge on any atom is -0.443 e. The van der Waals surface area contributed by atoms with Crippen molar-refractivity contribution in [3.63, 3.8) is 0 Å². The van der Waals surface area contributed by atoms with E-state index in [0.29, 0.717) is 6.61 Å². The van der Waals surface area contributed by atoms with Gasteiger partial charge in [-0.3, -0.25) is 0 Å². The van der Waals surface area contributed by atoms with Gasteiger partial charge < -0.3 is 8.54 Å². The van der Waals surface area contributed by atoms with Crippen LogP contribution in [0.2, 0.25) is 13.1 Å². The monoisotopic (exact) mass is 162 g/mol. The first kappa shape index (κ1) is 9.09. The van der Waals surface area contributed by atoms with Gasteiger partial charge in [0.2, 0.25) is 0 Å². The van der Waals surface area contributed by atoms with Gasteiger partial charge in [0.1, 0.15) is 0 Å². The summed E-state index contributed by atoms with van der Waals surface area (Å²) >= 11 is 0. The lowest BCUT2D eigenvalue weighted by atomic mass is 10.7. The van der Waals surface area contributed by atoms with Gasteiger partial charge in [-0.2, -0.15) is 0 Å². The third-order valence-electron chi connectivity index (χ3n) is 0.720. The molecule has 0 aliphatic carbocycles. The SMILES string of the molecule is C=CCO[SiH2]O[SiH](C)C. The highest BCUT2D eigenvalue weighted by atomic mass is 28.4. The summed E-state index contributed by atoms with van der Waals surface area (Å²) in [5, 5.41) is 0. The van der Waals surface area contributed by atoms with Gasteiger partial charge in [0.15, 0.2) is 9.04 Å². The van der Waals surface area contributed by atoms with Crippen LogP contribution in [0.4, 0.5) is 0 Å². The molecule has 0 aromatic carbocycles. The van der Waals surface area contributed by atoms with Crippen molar-refractivity contribution >= 4 is 19.0 Å². The van der Waals surface area contributed by atoms with Crippen LogP contribution in [0.15, 0.2) is 12.7 Å². The van der Waals surface area contributed by atoms with Crippen LogP contribution in [0, 0.1) is 0 Å². The van der Waals surface area contributed by atoms with Crippen molar-refractivity contribution < 1.29 is 8.54 Å². The molecule has 0 heterocycles. The molecule has 9 heavy (non-hydrogen) atoms. The molecule has 0 amide bonds. The quantitative estimate of drug-likeness (QED) is 0.326. The molecule has 0 saturated carbocycles. The highest BCUT2D eigenvalue weighted by molar-refractivity contribution is 6.54. The van der Waals surface area contributed by atoms with Crippen LogP contribution in [-0.2, 0) is 8.54 Å². The van der Waals surface area contributed by atoms with Crippen molar-refractivity contribution in [2.75, 3.05) is 6.61 Å². The zero-order valence-corrected chi connectivity index (χ0v) is 8.66. The zero-order chi connectivity index (χ0) is 7.11. The van der Waals surface area contributed by atoms with Crippen molar-refractivity contribution in [1.29, 1.82) is 0 Å². The predicted molar refractivity (Wildman–Crippen MR) is 44.7 cm³/mol. The van der Waals surface area contributed by atoms with Crippen LogP contribution >= 0.6 is 0 Å². The van der Waals surface area contributed by atoms with E-state index in [1.165, 1.54) is 0 Å². The molecule has 0 rings (SSSR count). The summed E-state index contributed by atoms with van der Waals surface area (Å²) in [6.45, 7) is 8.46. The van der Waals surface area contributed by atoms with Gasteiger partial charge in [-0.25, -0.2) is 0 Å². The fourth-order valence-electron chi connectivity index (χ4n) is 0.316. The van der Waals surface area contributed by atoms with E-state index in [1.54, 1.807) is 6.08 Å². The first-order valence-electron chi connectivity index (χ1n) is 3.07. The Hall–Kier alpha value is 0.0938. The van der Waals surface area contributed by atoms with Crippen LogP contribution in [0.1, 0.15) is 0 Å². The summed E-state index contributed by atoms with van der Waals surface area (Å²) in [6.07, 6.45) is 1.75. The van der Waals surface area contributed by atoms with Gasteiger partial charge in [0, 0.05) is 0 Å². The summed E-state index contributed by atoms with van der Waals surface area (Å²) in [5.41, 5.74) is 0. The molecule has 0 bridgehead atoms. The average molecular weight is 162 g/mol. The molecule has 0 N–H and O–H groups in total. The molecule has 0 saturated heterocycles. The van der Waals surface area contributed by atoms with E-state index in [0.717, 1.165) is 0 Å². The highest BCUT2D eigenvalue weighted by Gasteiger charge is 1.92. The summed E-state index contributed by atoms with van der Waals surface area (Å²) in [4.78, 5) is 0. The molecule has 4 heteroatoms.